The minimum Gasteiger partial charge on any atom is -0.330 e. The van der Waals surface area contributed by atoms with Gasteiger partial charge in [-0.25, -0.2) is 0 Å². The monoisotopic (exact) mass is 202 g/mol. The summed E-state index contributed by atoms with van der Waals surface area (Å²) < 4.78 is 2.00. The molecule has 2 aromatic rings. The summed E-state index contributed by atoms with van der Waals surface area (Å²) in [6.07, 6.45) is 3.54. The van der Waals surface area contributed by atoms with Crippen LogP contribution in [-0.4, -0.2) is 21.3 Å². The minimum absolute atomic E-state index is 0.682. The van der Waals surface area contributed by atoms with Gasteiger partial charge in [0.05, 0.1) is 0 Å². The molecule has 2 N–H and O–H groups in total. The van der Waals surface area contributed by atoms with Gasteiger partial charge < -0.3 is 5.73 Å². The van der Waals surface area contributed by atoms with Gasteiger partial charge in [0.1, 0.15) is 12.2 Å². The van der Waals surface area contributed by atoms with Gasteiger partial charge in [0.15, 0.2) is 0 Å². The number of benzene rings is 1. The molecule has 0 spiro atoms. The summed E-state index contributed by atoms with van der Waals surface area (Å²) in [4.78, 5) is 0. The van der Waals surface area contributed by atoms with Crippen LogP contribution in [0.4, 0.5) is 0 Å². The highest BCUT2D eigenvalue weighted by atomic mass is 15.3. The number of nitrogens with zero attached hydrogens (tertiary/aromatic N) is 3. The Morgan fingerprint density at radius 1 is 1.20 bits per heavy atom. The molecule has 0 amide bonds. The number of nitrogens with two attached hydrogens (primary N) is 1. The van der Waals surface area contributed by atoms with Crippen molar-refractivity contribution in [3.8, 4) is 5.69 Å². The average molecular weight is 202 g/mol. The number of aromatic nitrogens is 3. The van der Waals surface area contributed by atoms with Crippen LogP contribution in [-0.2, 0) is 6.42 Å². The number of aryl methyl sites for hydroxylation is 1. The van der Waals surface area contributed by atoms with Gasteiger partial charge in [-0.3, -0.25) is 4.57 Å². The second kappa shape index (κ2) is 4.70. The maximum atomic E-state index is 5.48. The third kappa shape index (κ3) is 2.22. The van der Waals surface area contributed by atoms with Gasteiger partial charge in [0, 0.05) is 12.1 Å². The Balaban J connectivity index is 2.25. The Hall–Kier alpha value is -1.68. The molecule has 2 rings (SSSR count). The molecule has 4 heteroatoms. The lowest BCUT2D eigenvalue weighted by Crippen LogP contribution is -2.05. The second-order valence-corrected chi connectivity index (χ2v) is 3.34. The van der Waals surface area contributed by atoms with Crippen LogP contribution in [0.5, 0.6) is 0 Å². The first-order valence-electron chi connectivity index (χ1n) is 5.06. The quantitative estimate of drug-likeness (QED) is 0.809. The highest BCUT2D eigenvalue weighted by molar-refractivity contribution is 5.31. The fraction of sp³-hybridized carbons (Fsp3) is 0.273. The summed E-state index contributed by atoms with van der Waals surface area (Å²) in [5.41, 5.74) is 6.57. The van der Waals surface area contributed by atoms with E-state index in [1.807, 2.05) is 34.9 Å². The van der Waals surface area contributed by atoms with E-state index in [1.165, 1.54) is 0 Å². The molecule has 0 aliphatic heterocycles. The molecule has 15 heavy (non-hydrogen) atoms. The summed E-state index contributed by atoms with van der Waals surface area (Å²) in [7, 11) is 0. The normalized spacial score (nSPS) is 10.5. The molecule has 0 radical (unpaired) electrons. The lowest BCUT2D eigenvalue weighted by molar-refractivity contribution is 0.760. The first-order valence-corrected chi connectivity index (χ1v) is 5.06. The zero-order valence-corrected chi connectivity index (χ0v) is 8.50. The molecule has 0 aliphatic carbocycles. The van der Waals surface area contributed by atoms with E-state index >= 15 is 0 Å². The van der Waals surface area contributed by atoms with E-state index < -0.39 is 0 Å². The van der Waals surface area contributed by atoms with Gasteiger partial charge in [0.2, 0.25) is 0 Å². The summed E-state index contributed by atoms with van der Waals surface area (Å²) in [6, 6.07) is 10.1. The van der Waals surface area contributed by atoms with E-state index in [9.17, 15) is 0 Å². The number of hydrogen-bond acceptors (Lipinski definition) is 3. The highest BCUT2D eigenvalue weighted by Crippen LogP contribution is 2.09. The van der Waals surface area contributed by atoms with E-state index in [0.717, 1.165) is 24.4 Å². The molecule has 0 aliphatic rings. The van der Waals surface area contributed by atoms with Crippen LogP contribution in [0.3, 0.4) is 0 Å². The molecule has 1 aromatic carbocycles. The van der Waals surface area contributed by atoms with Crippen molar-refractivity contribution in [3.63, 3.8) is 0 Å². The molecule has 0 atom stereocenters. The van der Waals surface area contributed by atoms with E-state index in [0.29, 0.717) is 6.54 Å². The summed E-state index contributed by atoms with van der Waals surface area (Å²) >= 11 is 0. The van der Waals surface area contributed by atoms with Crippen LogP contribution < -0.4 is 5.73 Å². The standard InChI is InChI=1S/C11H14N4/c12-8-4-7-11-14-13-9-15(11)10-5-2-1-3-6-10/h1-3,5-6,9H,4,7-8,12H2. The molecular formula is C11H14N4. The maximum Gasteiger partial charge on any atom is 0.137 e. The molecule has 0 saturated carbocycles. The third-order valence-electron chi connectivity index (χ3n) is 2.26. The van der Waals surface area contributed by atoms with Gasteiger partial charge in [-0.1, -0.05) is 18.2 Å². The van der Waals surface area contributed by atoms with Crippen LogP contribution in [0, 0.1) is 0 Å². The predicted molar refractivity (Wildman–Crippen MR) is 58.7 cm³/mol. The Bertz CT molecular complexity index is 408. The van der Waals surface area contributed by atoms with E-state index in [4.69, 9.17) is 5.73 Å². The zero-order valence-electron chi connectivity index (χ0n) is 8.50. The van der Waals surface area contributed by atoms with Crippen molar-refractivity contribution < 1.29 is 0 Å². The van der Waals surface area contributed by atoms with Crippen molar-refractivity contribution in [2.45, 2.75) is 12.8 Å². The molecule has 0 fully saturated rings. The van der Waals surface area contributed by atoms with Crippen molar-refractivity contribution in [3.05, 3.63) is 42.5 Å². The first-order chi connectivity index (χ1) is 7.42. The molecule has 0 bridgehead atoms. The number of rotatable bonds is 4. The Morgan fingerprint density at radius 2 is 2.00 bits per heavy atom. The lowest BCUT2D eigenvalue weighted by Gasteiger charge is -2.05. The van der Waals surface area contributed by atoms with Crippen molar-refractivity contribution in [1.82, 2.24) is 14.8 Å². The Labute approximate surface area is 88.8 Å². The third-order valence-corrected chi connectivity index (χ3v) is 2.26. The van der Waals surface area contributed by atoms with Crippen LogP contribution in [0.25, 0.3) is 5.69 Å². The molecule has 0 saturated heterocycles. The van der Waals surface area contributed by atoms with E-state index in [-0.39, 0.29) is 0 Å². The highest BCUT2D eigenvalue weighted by Gasteiger charge is 2.04. The van der Waals surface area contributed by atoms with Crippen molar-refractivity contribution in [2.24, 2.45) is 5.73 Å². The van der Waals surface area contributed by atoms with E-state index in [2.05, 4.69) is 10.2 Å². The zero-order chi connectivity index (χ0) is 10.5. The smallest absolute Gasteiger partial charge is 0.137 e. The summed E-state index contributed by atoms with van der Waals surface area (Å²) in [5.74, 6) is 0.964. The van der Waals surface area contributed by atoms with Crippen LogP contribution in [0.15, 0.2) is 36.7 Å². The van der Waals surface area contributed by atoms with Gasteiger partial charge in [0.25, 0.3) is 0 Å². The summed E-state index contributed by atoms with van der Waals surface area (Å²) in [5, 5.41) is 8.01. The number of para-hydroxylation sites is 1. The minimum atomic E-state index is 0.682. The second-order valence-electron chi connectivity index (χ2n) is 3.34. The van der Waals surface area contributed by atoms with Gasteiger partial charge in [-0.05, 0) is 25.1 Å². The van der Waals surface area contributed by atoms with Crippen molar-refractivity contribution >= 4 is 0 Å². The SMILES string of the molecule is NCCCc1nncn1-c1ccccc1. The molecule has 1 aromatic heterocycles. The molecule has 1 heterocycles. The topological polar surface area (TPSA) is 56.7 Å². The van der Waals surface area contributed by atoms with Crippen LogP contribution in [0.1, 0.15) is 12.2 Å². The van der Waals surface area contributed by atoms with Gasteiger partial charge >= 0.3 is 0 Å². The van der Waals surface area contributed by atoms with Crippen LogP contribution in [0.2, 0.25) is 0 Å². The fourth-order valence-corrected chi connectivity index (χ4v) is 1.49. The lowest BCUT2D eigenvalue weighted by atomic mass is 10.2. The Morgan fingerprint density at radius 3 is 2.73 bits per heavy atom. The Kier molecular flexibility index (Phi) is 3.09. The average Bonchev–Trinajstić information content (AvgIpc) is 2.75. The van der Waals surface area contributed by atoms with Crippen molar-refractivity contribution in [2.75, 3.05) is 6.54 Å². The summed E-state index contributed by atoms with van der Waals surface area (Å²) in [6.45, 7) is 0.682. The van der Waals surface area contributed by atoms with Gasteiger partial charge in [-0.15, -0.1) is 10.2 Å². The molecular weight excluding hydrogens is 188 g/mol. The molecule has 0 unspecified atom stereocenters. The van der Waals surface area contributed by atoms with Crippen LogP contribution >= 0.6 is 0 Å². The number of hydrogen-bond donors (Lipinski definition) is 1. The fourth-order valence-electron chi connectivity index (χ4n) is 1.49. The molecule has 4 nitrogen and oxygen atoms in total. The molecule has 78 valence electrons. The van der Waals surface area contributed by atoms with E-state index in [1.54, 1.807) is 6.33 Å². The largest absolute Gasteiger partial charge is 0.330 e. The predicted octanol–water partition coefficient (Wildman–Crippen LogP) is 1.16. The van der Waals surface area contributed by atoms with Crippen molar-refractivity contribution in [1.29, 1.82) is 0 Å². The van der Waals surface area contributed by atoms with Gasteiger partial charge in [-0.2, -0.15) is 0 Å². The first kappa shape index (κ1) is 9.86. The maximum absolute atomic E-state index is 5.48.